The Morgan fingerprint density at radius 3 is 3.07 bits per heavy atom. The Hall–Kier alpha value is -1.10. The molecular weight excluding hydrogens is 246 g/mol. The van der Waals surface area contributed by atoms with Gasteiger partial charge in [-0.3, -0.25) is 0 Å². The minimum absolute atomic E-state index is 0.310. The molecule has 0 radical (unpaired) electrons. The fourth-order valence-corrected chi connectivity index (χ4v) is 1.16. The lowest BCUT2D eigenvalue weighted by molar-refractivity contribution is 0.398. The maximum absolute atomic E-state index is 5.52. The van der Waals surface area contributed by atoms with Crippen LogP contribution in [0.1, 0.15) is 12.1 Å². The molecule has 0 aliphatic rings. The van der Waals surface area contributed by atoms with Crippen LogP contribution in [0.15, 0.2) is 12.3 Å². The molecule has 1 aromatic heterocycles. The lowest BCUT2D eigenvalue weighted by Gasteiger charge is -2.01. The summed E-state index contributed by atoms with van der Waals surface area (Å²) in [6.07, 6.45) is 6.46. The van der Waals surface area contributed by atoms with Gasteiger partial charge in [0.15, 0.2) is 5.82 Å². The molecule has 0 aliphatic heterocycles. The summed E-state index contributed by atoms with van der Waals surface area (Å²) in [6, 6.07) is 0. The molecule has 0 unspecified atom stereocenters. The second-order valence-electron chi connectivity index (χ2n) is 2.57. The van der Waals surface area contributed by atoms with Gasteiger partial charge < -0.3 is 10.5 Å². The van der Waals surface area contributed by atoms with Gasteiger partial charge in [-0.2, -0.15) is 0 Å². The molecule has 2 N–H and O–H groups in total. The first kappa shape index (κ1) is 11.0. The summed E-state index contributed by atoms with van der Waals surface area (Å²) < 4.78 is 4.95. The van der Waals surface area contributed by atoms with Crippen molar-refractivity contribution in [1.82, 2.24) is 9.97 Å². The number of ether oxygens (including phenoxy) is 1. The standard InChI is InChI=1S/C9H12BrN3O/c1-14-9-8(11)12-6-7(13-9)4-2-3-5-10/h2,4,6H,3,5H2,1H3,(H2,11,12). The number of hydrogen-bond donors (Lipinski definition) is 1. The van der Waals surface area contributed by atoms with E-state index in [2.05, 4.69) is 25.9 Å². The number of methoxy groups -OCH3 is 1. The smallest absolute Gasteiger partial charge is 0.257 e. The average Bonchev–Trinajstić information content (AvgIpc) is 2.21. The predicted molar refractivity (Wildman–Crippen MR) is 60.4 cm³/mol. The molecule has 0 spiro atoms. The summed E-state index contributed by atoms with van der Waals surface area (Å²) in [5.41, 5.74) is 6.27. The Morgan fingerprint density at radius 1 is 1.64 bits per heavy atom. The number of anilines is 1. The molecule has 0 amide bonds. The Balaban J connectivity index is 2.79. The number of halogens is 1. The quantitative estimate of drug-likeness (QED) is 0.837. The van der Waals surface area contributed by atoms with Crippen LogP contribution in [0.25, 0.3) is 6.08 Å². The van der Waals surface area contributed by atoms with Gasteiger partial charge in [-0.1, -0.05) is 22.0 Å². The Kier molecular flexibility index (Phi) is 4.39. The SMILES string of the molecule is COc1nc(C=CCCBr)cnc1N. The Bertz CT molecular complexity index is 328. The molecule has 1 rings (SSSR count). The number of alkyl halides is 1. The summed E-state index contributed by atoms with van der Waals surface area (Å²) in [5.74, 6) is 0.677. The number of nitrogen functional groups attached to an aromatic ring is 1. The molecule has 0 aromatic carbocycles. The molecule has 1 heterocycles. The molecule has 5 heteroatoms. The Labute approximate surface area is 91.3 Å². The highest BCUT2D eigenvalue weighted by Gasteiger charge is 2.01. The molecule has 0 atom stereocenters. The van der Waals surface area contributed by atoms with E-state index in [1.54, 1.807) is 6.20 Å². The van der Waals surface area contributed by atoms with Crippen LogP contribution in [0.4, 0.5) is 5.82 Å². The molecule has 1 aromatic rings. The van der Waals surface area contributed by atoms with Gasteiger partial charge in [-0.15, -0.1) is 0 Å². The third-order valence-corrected chi connectivity index (χ3v) is 2.00. The van der Waals surface area contributed by atoms with E-state index >= 15 is 0 Å². The summed E-state index contributed by atoms with van der Waals surface area (Å²) >= 11 is 3.33. The van der Waals surface area contributed by atoms with E-state index in [1.165, 1.54) is 7.11 Å². The predicted octanol–water partition coefficient (Wildman–Crippen LogP) is 1.87. The first-order chi connectivity index (χ1) is 6.77. The number of aromatic nitrogens is 2. The van der Waals surface area contributed by atoms with E-state index in [1.807, 2.05) is 12.2 Å². The third-order valence-electron chi connectivity index (χ3n) is 1.54. The van der Waals surface area contributed by atoms with Crippen LogP contribution in [0.3, 0.4) is 0 Å². The van der Waals surface area contributed by atoms with Crippen molar-refractivity contribution < 1.29 is 4.74 Å². The van der Waals surface area contributed by atoms with Gasteiger partial charge >= 0.3 is 0 Å². The van der Waals surface area contributed by atoms with Crippen LogP contribution >= 0.6 is 15.9 Å². The molecule has 0 fully saturated rings. The summed E-state index contributed by atoms with van der Waals surface area (Å²) in [4.78, 5) is 8.11. The molecular formula is C9H12BrN3O. The summed E-state index contributed by atoms with van der Waals surface area (Å²) in [5, 5.41) is 0.934. The van der Waals surface area contributed by atoms with Crippen molar-refractivity contribution in [2.45, 2.75) is 6.42 Å². The van der Waals surface area contributed by atoms with Crippen molar-refractivity contribution in [2.75, 3.05) is 18.2 Å². The second kappa shape index (κ2) is 5.59. The van der Waals surface area contributed by atoms with E-state index in [0.29, 0.717) is 11.7 Å². The van der Waals surface area contributed by atoms with Gasteiger partial charge in [0.05, 0.1) is 19.0 Å². The fraction of sp³-hybridized carbons (Fsp3) is 0.333. The lowest BCUT2D eigenvalue weighted by Crippen LogP contribution is -1.99. The van der Waals surface area contributed by atoms with Gasteiger partial charge in [-0.05, 0) is 12.5 Å². The number of hydrogen-bond acceptors (Lipinski definition) is 4. The first-order valence-electron chi connectivity index (χ1n) is 4.17. The molecule has 4 nitrogen and oxygen atoms in total. The van der Waals surface area contributed by atoms with Crippen molar-refractivity contribution in [3.8, 4) is 5.88 Å². The highest BCUT2D eigenvalue weighted by molar-refractivity contribution is 9.09. The van der Waals surface area contributed by atoms with Gasteiger partial charge in [0, 0.05) is 5.33 Å². The molecule has 0 saturated heterocycles. The zero-order chi connectivity index (χ0) is 10.4. The molecule has 0 aliphatic carbocycles. The van der Waals surface area contributed by atoms with E-state index in [-0.39, 0.29) is 0 Å². The molecule has 14 heavy (non-hydrogen) atoms. The monoisotopic (exact) mass is 257 g/mol. The molecule has 0 saturated carbocycles. The Morgan fingerprint density at radius 2 is 2.43 bits per heavy atom. The van der Waals surface area contributed by atoms with Crippen molar-refractivity contribution in [3.63, 3.8) is 0 Å². The molecule has 76 valence electrons. The minimum atomic E-state index is 0.310. The number of rotatable bonds is 4. The van der Waals surface area contributed by atoms with E-state index in [4.69, 9.17) is 10.5 Å². The van der Waals surface area contributed by atoms with Crippen LogP contribution in [0.2, 0.25) is 0 Å². The largest absolute Gasteiger partial charge is 0.478 e. The van der Waals surface area contributed by atoms with Crippen LogP contribution in [-0.4, -0.2) is 22.4 Å². The second-order valence-corrected chi connectivity index (χ2v) is 3.36. The van der Waals surface area contributed by atoms with Gasteiger partial charge in [0.1, 0.15) is 0 Å². The number of nitrogens with two attached hydrogens (primary N) is 1. The summed E-state index contributed by atoms with van der Waals surface area (Å²) in [6.45, 7) is 0. The van der Waals surface area contributed by atoms with E-state index in [9.17, 15) is 0 Å². The van der Waals surface area contributed by atoms with Gasteiger partial charge in [-0.25, -0.2) is 9.97 Å². The van der Waals surface area contributed by atoms with Crippen LogP contribution in [0, 0.1) is 0 Å². The highest BCUT2D eigenvalue weighted by Crippen LogP contribution is 2.14. The minimum Gasteiger partial charge on any atom is -0.478 e. The first-order valence-corrected chi connectivity index (χ1v) is 5.29. The van der Waals surface area contributed by atoms with Crippen molar-refractivity contribution in [2.24, 2.45) is 0 Å². The maximum atomic E-state index is 5.52. The van der Waals surface area contributed by atoms with Crippen molar-refractivity contribution >= 4 is 27.8 Å². The van der Waals surface area contributed by atoms with E-state index < -0.39 is 0 Å². The average molecular weight is 258 g/mol. The fourth-order valence-electron chi connectivity index (χ4n) is 0.892. The molecule has 0 bridgehead atoms. The van der Waals surface area contributed by atoms with Crippen LogP contribution in [-0.2, 0) is 0 Å². The zero-order valence-corrected chi connectivity index (χ0v) is 9.49. The number of nitrogens with zero attached hydrogens (tertiary/aromatic N) is 2. The van der Waals surface area contributed by atoms with Gasteiger partial charge in [0.2, 0.25) is 0 Å². The van der Waals surface area contributed by atoms with Crippen molar-refractivity contribution in [1.29, 1.82) is 0 Å². The van der Waals surface area contributed by atoms with Crippen LogP contribution in [0.5, 0.6) is 5.88 Å². The third kappa shape index (κ3) is 2.99. The lowest BCUT2D eigenvalue weighted by atomic mass is 10.3. The topological polar surface area (TPSA) is 61.0 Å². The van der Waals surface area contributed by atoms with Crippen LogP contribution < -0.4 is 10.5 Å². The highest BCUT2D eigenvalue weighted by atomic mass is 79.9. The van der Waals surface area contributed by atoms with E-state index in [0.717, 1.165) is 17.4 Å². The van der Waals surface area contributed by atoms with Gasteiger partial charge in [0.25, 0.3) is 5.88 Å². The normalized spacial score (nSPS) is 10.7. The summed E-state index contributed by atoms with van der Waals surface area (Å²) in [7, 11) is 1.52. The number of allylic oxidation sites excluding steroid dienone is 1. The van der Waals surface area contributed by atoms with Crippen molar-refractivity contribution in [3.05, 3.63) is 18.0 Å². The zero-order valence-electron chi connectivity index (χ0n) is 7.90. The maximum Gasteiger partial charge on any atom is 0.257 e.